The average molecular weight is 452 g/mol. The predicted octanol–water partition coefficient (Wildman–Crippen LogP) is 3.07. The van der Waals surface area contributed by atoms with Gasteiger partial charge in [-0.25, -0.2) is 14.2 Å². The minimum Gasteiger partial charge on any atom is -0.484 e. The Morgan fingerprint density at radius 3 is 2.33 bits per heavy atom. The Bertz CT molecular complexity index is 1180. The highest BCUT2D eigenvalue weighted by atomic mass is 19.1. The fourth-order valence-corrected chi connectivity index (χ4v) is 2.53. The molecule has 0 fully saturated rings. The summed E-state index contributed by atoms with van der Waals surface area (Å²) >= 11 is 0. The molecule has 168 valence electrons. The summed E-state index contributed by atoms with van der Waals surface area (Å²) in [6.07, 6.45) is 1.28. The smallest absolute Gasteiger partial charge is 0.329 e. The Hall–Kier alpha value is -4.60. The van der Waals surface area contributed by atoms with E-state index in [1.54, 1.807) is 30.3 Å². The van der Waals surface area contributed by atoms with Crippen LogP contribution < -0.4 is 20.8 Å². The van der Waals surface area contributed by atoms with Gasteiger partial charge in [0.25, 0.3) is 5.91 Å². The van der Waals surface area contributed by atoms with Gasteiger partial charge in [-0.2, -0.15) is 5.10 Å². The van der Waals surface area contributed by atoms with Crippen LogP contribution in [0.4, 0.5) is 20.2 Å². The second kappa shape index (κ2) is 11.1. The molecule has 3 amide bonds. The molecular weight excluding hydrogens is 434 g/mol. The third-order valence-corrected chi connectivity index (χ3v) is 4.02. The topological polar surface area (TPSA) is 109 Å². The molecule has 0 aliphatic rings. The zero-order chi connectivity index (χ0) is 23.6. The molecule has 0 saturated heterocycles. The molecule has 0 aromatic heterocycles. The van der Waals surface area contributed by atoms with E-state index in [-0.39, 0.29) is 12.3 Å². The highest BCUT2D eigenvalue weighted by Crippen LogP contribution is 2.13. The monoisotopic (exact) mass is 452 g/mol. The summed E-state index contributed by atoms with van der Waals surface area (Å²) in [5.74, 6) is -3.05. The van der Waals surface area contributed by atoms with Crippen LogP contribution in [-0.4, -0.2) is 30.5 Å². The van der Waals surface area contributed by atoms with Crippen LogP contribution in [0.15, 0.2) is 77.9 Å². The normalized spacial score (nSPS) is 10.5. The second-order valence-corrected chi connectivity index (χ2v) is 6.58. The van der Waals surface area contributed by atoms with Crippen molar-refractivity contribution in [3.8, 4) is 5.75 Å². The predicted molar refractivity (Wildman–Crippen MR) is 118 cm³/mol. The second-order valence-electron chi connectivity index (χ2n) is 6.58. The number of hydrogen-bond donors (Lipinski definition) is 3. The zero-order valence-electron chi connectivity index (χ0n) is 17.0. The Morgan fingerprint density at radius 1 is 0.818 bits per heavy atom. The molecule has 33 heavy (non-hydrogen) atoms. The Labute approximate surface area is 187 Å². The van der Waals surface area contributed by atoms with Gasteiger partial charge >= 0.3 is 11.8 Å². The van der Waals surface area contributed by atoms with E-state index in [1.807, 2.05) is 0 Å². The number of carbonyl (C=O) groups excluding carboxylic acids is 3. The molecule has 10 heteroatoms. The maximum Gasteiger partial charge on any atom is 0.329 e. The molecule has 0 heterocycles. The van der Waals surface area contributed by atoms with Crippen molar-refractivity contribution in [3.63, 3.8) is 0 Å². The molecule has 0 bridgehead atoms. The minimum absolute atomic E-state index is 0.256. The summed E-state index contributed by atoms with van der Waals surface area (Å²) in [4.78, 5) is 35.6. The SMILES string of the molecule is O=C(COc1cccc(/C=N/NC(=O)C(=O)Nc2ccc(F)cc2)c1)Nc1cccc(F)c1. The summed E-state index contributed by atoms with van der Waals surface area (Å²) in [7, 11) is 0. The number of carbonyl (C=O) groups is 3. The molecule has 3 rings (SSSR count). The summed E-state index contributed by atoms with van der Waals surface area (Å²) in [5.41, 5.74) is 3.16. The lowest BCUT2D eigenvalue weighted by molar-refractivity contribution is -0.136. The number of anilines is 2. The Balaban J connectivity index is 1.47. The van der Waals surface area contributed by atoms with Gasteiger partial charge in [-0.1, -0.05) is 18.2 Å². The fourth-order valence-electron chi connectivity index (χ4n) is 2.53. The highest BCUT2D eigenvalue weighted by molar-refractivity contribution is 6.39. The molecule has 0 aliphatic carbocycles. The van der Waals surface area contributed by atoms with Crippen molar-refractivity contribution in [2.45, 2.75) is 0 Å². The number of nitrogens with zero attached hydrogens (tertiary/aromatic N) is 1. The van der Waals surface area contributed by atoms with Gasteiger partial charge < -0.3 is 15.4 Å². The van der Waals surface area contributed by atoms with Crippen LogP contribution >= 0.6 is 0 Å². The molecule has 0 atom stereocenters. The van der Waals surface area contributed by atoms with Gasteiger partial charge in [0.15, 0.2) is 6.61 Å². The van der Waals surface area contributed by atoms with Crippen LogP contribution in [-0.2, 0) is 14.4 Å². The van der Waals surface area contributed by atoms with Crippen LogP contribution in [0.5, 0.6) is 5.75 Å². The first-order valence-electron chi connectivity index (χ1n) is 9.57. The zero-order valence-corrected chi connectivity index (χ0v) is 17.0. The lowest BCUT2D eigenvalue weighted by Crippen LogP contribution is -2.32. The van der Waals surface area contributed by atoms with E-state index in [0.29, 0.717) is 17.0 Å². The molecular formula is C23H18F2N4O4. The van der Waals surface area contributed by atoms with Crippen LogP contribution in [0.25, 0.3) is 0 Å². The molecule has 3 aromatic rings. The van der Waals surface area contributed by atoms with Crippen molar-refractivity contribution in [2.75, 3.05) is 17.2 Å². The van der Waals surface area contributed by atoms with Crippen molar-refractivity contribution >= 4 is 35.3 Å². The summed E-state index contributed by atoms with van der Waals surface area (Å²) in [6.45, 7) is -0.308. The van der Waals surface area contributed by atoms with Gasteiger partial charge in [0.1, 0.15) is 17.4 Å². The first kappa shape index (κ1) is 23.1. The molecule has 0 spiro atoms. The van der Waals surface area contributed by atoms with Gasteiger partial charge in [-0.3, -0.25) is 14.4 Å². The minimum atomic E-state index is -1.02. The largest absolute Gasteiger partial charge is 0.484 e. The van der Waals surface area contributed by atoms with Gasteiger partial charge in [0, 0.05) is 11.4 Å². The van der Waals surface area contributed by atoms with E-state index in [4.69, 9.17) is 4.74 Å². The number of hydrazone groups is 1. The van der Waals surface area contributed by atoms with Gasteiger partial charge in [0.2, 0.25) is 0 Å². The van der Waals surface area contributed by atoms with Crippen LogP contribution in [0.1, 0.15) is 5.56 Å². The fraction of sp³-hybridized carbons (Fsp3) is 0.0435. The lowest BCUT2D eigenvalue weighted by atomic mass is 10.2. The number of hydrogen-bond acceptors (Lipinski definition) is 5. The van der Waals surface area contributed by atoms with Gasteiger partial charge in [-0.05, 0) is 60.2 Å². The molecule has 0 saturated carbocycles. The first-order valence-corrected chi connectivity index (χ1v) is 9.57. The molecule has 3 aromatic carbocycles. The average Bonchev–Trinajstić information content (AvgIpc) is 2.79. The van der Waals surface area contributed by atoms with E-state index in [0.717, 1.165) is 12.1 Å². The highest BCUT2D eigenvalue weighted by Gasteiger charge is 2.12. The number of rotatable bonds is 7. The molecule has 0 radical (unpaired) electrons. The van der Waals surface area contributed by atoms with Crippen molar-refractivity contribution < 1.29 is 27.9 Å². The number of amides is 3. The van der Waals surface area contributed by atoms with Crippen LogP contribution in [0, 0.1) is 11.6 Å². The number of benzene rings is 3. The molecule has 3 N–H and O–H groups in total. The van der Waals surface area contributed by atoms with E-state index >= 15 is 0 Å². The third kappa shape index (κ3) is 7.55. The molecule has 0 aliphatic heterocycles. The van der Waals surface area contributed by atoms with Crippen molar-refractivity contribution in [2.24, 2.45) is 5.10 Å². The summed E-state index contributed by atoms with van der Waals surface area (Å²) in [5, 5.41) is 8.52. The number of halogens is 2. The van der Waals surface area contributed by atoms with E-state index in [9.17, 15) is 23.2 Å². The lowest BCUT2D eigenvalue weighted by Gasteiger charge is -2.08. The summed E-state index contributed by atoms with van der Waals surface area (Å²) < 4.78 is 31.4. The maximum absolute atomic E-state index is 13.2. The quantitative estimate of drug-likeness (QED) is 0.291. The van der Waals surface area contributed by atoms with E-state index < -0.39 is 29.4 Å². The van der Waals surface area contributed by atoms with Crippen molar-refractivity contribution in [1.82, 2.24) is 5.43 Å². The Morgan fingerprint density at radius 2 is 1.58 bits per heavy atom. The van der Waals surface area contributed by atoms with Crippen LogP contribution in [0.2, 0.25) is 0 Å². The van der Waals surface area contributed by atoms with Crippen molar-refractivity contribution in [3.05, 3.63) is 90.0 Å². The number of ether oxygens (including phenoxy) is 1. The maximum atomic E-state index is 13.2. The third-order valence-electron chi connectivity index (χ3n) is 4.02. The molecule has 0 unspecified atom stereocenters. The summed E-state index contributed by atoms with van der Waals surface area (Å²) in [6, 6.07) is 16.9. The van der Waals surface area contributed by atoms with Gasteiger partial charge in [0.05, 0.1) is 6.21 Å². The molecule has 8 nitrogen and oxygen atoms in total. The number of nitrogens with one attached hydrogen (secondary N) is 3. The van der Waals surface area contributed by atoms with Crippen molar-refractivity contribution in [1.29, 1.82) is 0 Å². The van der Waals surface area contributed by atoms with E-state index in [1.165, 1.54) is 36.5 Å². The first-order chi connectivity index (χ1) is 15.9. The van der Waals surface area contributed by atoms with Gasteiger partial charge in [-0.15, -0.1) is 0 Å². The standard InChI is InChI=1S/C23H18F2N4O4/c24-16-7-9-18(10-8-16)28-22(31)23(32)29-26-13-15-3-1-6-20(11-15)33-14-21(30)27-19-5-2-4-17(25)12-19/h1-13H,14H2,(H,27,30)(H,28,31)(H,29,32)/b26-13+. The van der Waals surface area contributed by atoms with Crippen LogP contribution in [0.3, 0.4) is 0 Å². The Kier molecular flexibility index (Phi) is 7.79. The van der Waals surface area contributed by atoms with E-state index in [2.05, 4.69) is 21.2 Å².